The predicted molar refractivity (Wildman–Crippen MR) is 90.5 cm³/mol. The summed E-state index contributed by atoms with van der Waals surface area (Å²) in [7, 11) is 3.31. The Balaban J connectivity index is 2.94. The zero-order chi connectivity index (χ0) is 14.7. The number of allylic oxidation sites excluding steroid dienone is 1. The molecule has 0 N–H and O–H groups in total. The van der Waals surface area contributed by atoms with Crippen molar-refractivity contribution in [3.05, 3.63) is 19.4 Å². The first-order valence-corrected chi connectivity index (χ1v) is 8.97. The molecule has 0 aliphatic carbocycles. The lowest BCUT2D eigenvalue weighted by Gasteiger charge is -2.02. The molecule has 0 unspecified atom stereocenters. The van der Waals surface area contributed by atoms with Gasteiger partial charge in [-0.3, -0.25) is 0 Å². The average molecular weight is 282 g/mol. The van der Waals surface area contributed by atoms with E-state index in [0.717, 1.165) is 6.42 Å². The number of hydrogen-bond acceptors (Lipinski definition) is 1. The summed E-state index contributed by atoms with van der Waals surface area (Å²) < 4.78 is 4.63. The largest absolute Gasteiger partial charge is 0.498 e. The third-order valence-electron chi connectivity index (χ3n) is 3.92. The van der Waals surface area contributed by atoms with Crippen LogP contribution >= 0.6 is 0 Å². The van der Waals surface area contributed by atoms with Crippen molar-refractivity contribution in [2.45, 2.75) is 103 Å². The van der Waals surface area contributed by atoms with E-state index in [9.17, 15) is 0 Å². The molecule has 20 heavy (non-hydrogen) atoms. The minimum absolute atomic E-state index is 1.13. The first-order valence-electron chi connectivity index (χ1n) is 8.97. The quantitative estimate of drug-likeness (QED) is 0.215. The van der Waals surface area contributed by atoms with Gasteiger partial charge >= 0.3 is 0 Å². The van der Waals surface area contributed by atoms with Crippen LogP contribution in [0.25, 0.3) is 0 Å². The van der Waals surface area contributed by atoms with Crippen molar-refractivity contribution >= 4 is 0 Å². The van der Waals surface area contributed by atoms with E-state index in [-0.39, 0.29) is 0 Å². The van der Waals surface area contributed by atoms with Crippen LogP contribution in [0.4, 0.5) is 0 Å². The van der Waals surface area contributed by atoms with Gasteiger partial charge in [-0.2, -0.15) is 0 Å². The SMILES string of the molecule is [CH2]OC=CCCCCCCCCCCCCCCCC. The van der Waals surface area contributed by atoms with E-state index in [0.29, 0.717) is 0 Å². The second kappa shape index (κ2) is 18.5. The molecule has 0 amide bonds. The van der Waals surface area contributed by atoms with Gasteiger partial charge in [0.2, 0.25) is 0 Å². The van der Waals surface area contributed by atoms with E-state index in [1.54, 1.807) is 6.26 Å². The van der Waals surface area contributed by atoms with Gasteiger partial charge in [0.1, 0.15) is 7.11 Å². The van der Waals surface area contributed by atoms with Crippen LogP contribution in [0.15, 0.2) is 12.3 Å². The molecule has 0 spiro atoms. The zero-order valence-corrected chi connectivity index (χ0v) is 13.9. The first kappa shape index (κ1) is 19.5. The Morgan fingerprint density at radius 3 is 1.45 bits per heavy atom. The molecule has 0 rings (SSSR count). The second-order valence-corrected chi connectivity index (χ2v) is 5.92. The van der Waals surface area contributed by atoms with Gasteiger partial charge in [0, 0.05) is 0 Å². The molecule has 0 bridgehead atoms. The monoisotopic (exact) mass is 281 g/mol. The van der Waals surface area contributed by atoms with Crippen LogP contribution < -0.4 is 0 Å². The summed E-state index contributed by atoms with van der Waals surface area (Å²) in [5.41, 5.74) is 0. The number of rotatable bonds is 16. The zero-order valence-electron chi connectivity index (χ0n) is 13.9. The molecule has 0 aromatic heterocycles. The number of hydrogen-bond donors (Lipinski definition) is 0. The maximum Gasteiger partial charge on any atom is 0.121 e. The molecule has 0 atom stereocenters. The van der Waals surface area contributed by atoms with E-state index < -0.39 is 0 Å². The minimum atomic E-state index is 1.13. The molecule has 1 heteroatoms. The smallest absolute Gasteiger partial charge is 0.121 e. The van der Waals surface area contributed by atoms with Crippen LogP contribution in [0.3, 0.4) is 0 Å². The van der Waals surface area contributed by atoms with Crippen molar-refractivity contribution in [1.29, 1.82) is 0 Å². The van der Waals surface area contributed by atoms with E-state index in [1.165, 1.54) is 89.9 Å². The molecule has 0 aromatic carbocycles. The molecule has 0 fully saturated rings. The lowest BCUT2D eigenvalue weighted by Crippen LogP contribution is -1.83. The van der Waals surface area contributed by atoms with Crippen LogP contribution in [0.5, 0.6) is 0 Å². The fourth-order valence-electron chi connectivity index (χ4n) is 2.59. The van der Waals surface area contributed by atoms with E-state index in [1.807, 2.05) is 0 Å². The van der Waals surface area contributed by atoms with Gasteiger partial charge in [-0.15, -0.1) is 0 Å². The lowest BCUT2D eigenvalue weighted by atomic mass is 10.0. The van der Waals surface area contributed by atoms with E-state index >= 15 is 0 Å². The summed E-state index contributed by atoms with van der Waals surface area (Å²) >= 11 is 0. The van der Waals surface area contributed by atoms with Crippen molar-refractivity contribution in [3.8, 4) is 0 Å². The maximum atomic E-state index is 4.63. The highest BCUT2D eigenvalue weighted by Gasteiger charge is 1.93. The minimum Gasteiger partial charge on any atom is -0.498 e. The normalized spacial score (nSPS) is 11.3. The van der Waals surface area contributed by atoms with Crippen LogP contribution in [0.2, 0.25) is 0 Å². The van der Waals surface area contributed by atoms with Crippen LogP contribution in [-0.4, -0.2) is 0 Å². The maximum absolute atomic E-state index is 4.63. The van der Waals surface area contributed by atoms with Crippen molar-refractivity contribution in [1.82, 2.24) is 0 Å². The Morgan fingerprint density at radius 1 is 0.650 bits per heavy atom. The summed E-state index contributed by atoms with van der Waals surface area (Å²) in [6.45, 7) is 2.29. The standard InChI is InChI=1S/C19H37O/c1-3-4-5-6-7-8-9-10-11-12-13-14-15-16-17-18-19-20-2/h18-19H,2-17H2,1H3. The summed E-state index contributed by atoms with van der Waals surface area (Å²) in [5.74, 6) is 0. The first-order chi connectivity index (χ1) is 9.91. The molecule has 0 aliphatic heterocycles. The Labute approximate surface area is 128 Å². The van der Waals surface area contributed by atoms with Crippen molar-refractivity contribution in [2.75, 3.05) is 0 Å². The number of unbranched alkanes of at least 4 members (excludes halogenated alkanes) is 14. The van der Waals surface area contributed by atoms with E-state index in [4.69, 9.17) is 0 Å². The Kier molecular flexibility index (Phi) is 18.1. The van der Waals surface area contributed by atoms with Gasteiger partial charge in [0.05, 0.1) is 6.26 Å². The third-order valence-corrected chi connectivity index (χ3v) is 3.92. The molecule has 119 valence electrons. The summed E-state index contributed by atoms with van der Waals surface area (Å²) in [5, 5.41) is 0. The topological polar surface area (TPSA) is 9.23 Å². The van der Waals surface area contributed by atoms with Gasteiger partial charge < -0.3 is 4.74 Å². The van der Waals surface area contributed by atoms with Crippen LogP contribution in [0, 0.1) is 7.11 Å². The van der Waals surface area contributed by atoms with Crippen molar-refractivity contribution < 1.29 is 4.74 Å². The van der Waals surface area contributed by atoms with Crippen LogP contribution in [0.1, 0.15) is 103 Å². The summed E-state index contributed by atoms with van der Waals surface area (Å²) in [4.78, 5) is 0. The summed E-state index contributed by atoms with van der Waals surface area (Å²) in [6, 6.07) is 0. The molecule has 0 saturated heterocycles. The van der Waals surface area contributed by atoms with Crippen molar-refractivity contribution in [3.63, 3.8) is 0 Å². The van der Waals surface area contributed by atoms with Gasteiger partial charge in [-0.1, -0.05) is 90.4 Å². The molecule has 1 radical (unpaired) electrons. The second-order valence-electron chi connectivity index (χ2n) is 5.92. The molecule has 0 saturated carbocycles. The fourth-order valence-corrected chi connectivity index (χ4v) is 2.59. The molecule has 1 nitrogen and oxygen atoms in total. The highest BCUT2D eigenvalue weighted by atomic mass is 16.5. The highest BCUT2D eigenvalue weighted by molar-refractivity contribution is 4.72. The summed E-state index contributed by atoms with van der Waals surface area (Å²) in [6.07, 6.45) is 24.8. The highest BCUT2D eigenvalue weighted by Crippen LogP contribution is 2.13. The molecule has 0 aliphatic rings. The van der Waals surface area contributed by atoms with Gasteiger partial charge in [0.25, 0.3) is 0 Å². The lowest BCUT2D eigenvalue weighted by molar-refractivity contribution is 0.391. The fraction of sp³-hybridized carbons (Fsp3) is 0.842. The van der Waals surface area contributed by atoms with Gasteiger partial charge in [0.15, 0.2) is 0 Å². The molecular formula is C19H37O. The molecular weight excluding hydrogens is 244 g/mol. The van der Waals surface area contributed by atoms with Gasteiger partial charge in [-0.05, 0) is 18.9 Å². The molecule has 0 heterocycles. The predicted octanol–water partition coefficient (Wildman–Crippen LogP) is 7.18. The average Bonchev–Trinajstić information content (AvgIpc) is 2.47. The van der Waals surface area contributed by atoms with E-state index in [2.05, 4.69) is 24.8 Å². The third kappa shape index (κ3) is 17.5. The Bertz CT molecular complexity index is 186. The van der Waals surface area contributed by atoms with Gasteiger partial charge in [-0.25, -0.2) is 0 Å². The Hall–Kier alpha value is -0.460. The van der Waals surface area contributed by atoms with Crippen molar-refractivity contribution in [2.24, 2.45) is 0 Å². The number of ether oxygens (including phenoxy) is 1. The Morgan fingerprint density at radius 2 is 1.05 bits per heavy atom. The molecule has 0 aromatic rings. The van der Waals surface area contributed by atoms with Crippen LogP contribution in [-0.2, 0) is 4.74 Å².